The Morgan fingerprint density at radius 3 is 2.47 bits per heavy atom. The van der Waals surface area contributed by atoms with Gasteiger partial charge in [-0.3, -0.25) is 0 Å². The van der Waals surface area contributed by atoms with Crippen LogP contribution in [0.5, 0.6) is 0 Å². The van der Waals surface area contributed by atoms with E-state index in [0.717, 1.165) is 5.92 Å². The average molecular weight is 229 g/mol. The number of piperidine rings is 1. The highest BCUT2D eigenvalue weighted by molar-refractivity contribution is 5.33. The van der Waals surface area contributed by atoms with Crippen molar-refractivity contribution in [2.75, 3.05) is 6.54 Å². The van der Waals surface area contributed by atoms with E-state index in [1.807, 2.05) is 0 Å². The summed E-state index contributed by atoms with van der Waals surface area (Å²) >= 11 is 0. The van der Waals surface area contributed by atoms with Crippen molar-refractivity contribution in [1.29, 1.82) is 0 Å². The minimum Gasteiger partial charge on any atom is -0.310 e. The van der Waals surface area contributed by atoms with Crippen LogP contribution in [0.4, 0.5) is 0 Å². The molecule has 0 radical (unpaired) electrons. The van der Waals surface area contributed by atoms with Gasteiger partial charge in [0, 0.05) is 6.04 Å². The Morgan fingerprint density at radius 1 is 1.18 bits per heavy atom. The highest BCUT2D eigenvalue weighted by Gasteiger charge is 2.38. The van der Waals surface area contributed by atoms with Crippen LogP contribution in [-0.2, 0) is 5.41 Å². The zero-order valence-corrected chi connectivity index (χ0v) is 11.0. The molecular formula is C16H23N. The molecule has 2 atom stereocenters. The van der Waals surface area contributed by atoms with Gasteiger partial charge in [0.25, 0.3) is 0 Å². The quantitative estimate of drug-likeness (QED) is 0.813. The molecule has 17 heavy (non-hydrogen) atoms. The molecule has 0 amide bonds. The second-order valence-electron chi connectivity index (χ2n) is 6.32. The molecule has 3 rings (SSSR count). The van der Waals surface area contributed by atoms with Gasteiger partial charge in [0.2, 0.25) is 0 Å². The topological polar surface area (TPSA) is 12.0 Å². The third-order valence-electron chi connectivity index (χ3n) is 4.68. The van der Waals surface area contributed by atoms with Gasteiger partial charge in [0.1, 0.15) is 0 Å². The summed E-state index contributed by atoms with van der Waals surface area (Å²) < 4.78 is 0. The van der Waals surface area contributed by atoms with Gasteiger partial charge in [-0.1, -0.05) is 38.1 Å². The van der Waals surface area contributed by atoms with Crippen LogP contribution < -0.4 is 5.32 Å². The van der Waals surface area contributed by atoms with Crippen molar-refractivity contribution >= 4 is 0 Å². The Morgan fingerprint density at radius 2 is 1.88 bits per heavy atom. The molecule has 1 saturated carbocycles. The summed E-state index contributed by atoms with van der Waals surface area (Å²) in [5, 5.41) is 3.64. The van der Waals surface area contributed by atoms with Gasteiger partial charge in [0.15, 0.2) is 0 Å². The fraction of sp³-hybridized carbons (Fsp3) is 0.625. The van der Waals surface area contributed by atoms with Crippen molar-refractivity contribution in [1.82, 2.24) is 5.32 Å². The standard InChI is InChI=1S/C16H23N/c1-12-7-10-17-15(11-12)13-3-5-14(6-4-13)16(2)8-9-16/h3-6,12,15,17H,7-11H2,1-2H3. The number of hydrogen-bond acceptors (Lipinski definition) is 1. The number of hydrogen-bond donors (Lipinski definition) is 1. The van der Waals surface area contributed by atoms with E-state index in [4.69, 9.17) is 0 Å². The number of rotatable bonds is 2. The van der Waals surface area contributed by atoms with E-state index in [-0.39, 0.29) is 0 Å². The molecule has 1 heterocycles. The predicted octanol–water partition coefficient (Wildman–Crippen LogP) is 3.80. The van der Waals surface area contributed by atoms with E-state index in [0.29, 0.717) is 11.5 Å². The normalized spacial score (nSPS) is 31.2. The fourth-order valence-corrected chi connectivity index (χ4v) is 2.96. The van der Waals surface area contributed by atoms with Gasteiger partial charge >= 0.3 is 0 Å². The lowest BCUT2D eigenvalue weighted by Crippen LogP contribution is -2.30. The molecule has 1 saturated heterocycles. The average Bonchev–Trinajstić information content (AvgIpc) is 3.09. The van der Waals surface area contributed by atoms with Crippen LogP contribution in [0.1, 0.15) is 56.7 Å². The van der Waals surface area contributed by atoms with E-state index >= 15 is 0 Å². The van der Waals surface area contributed by atoms with Crippen molar-refractivity contribution in [2.24, 2.45) is 5.92 Å². The van der Waals surface area contributed by atoms with Crippen LogP contribution in [0.25, 0.3) is 0 Å². The predicted molar refractivity (Wildman–Crippen MR) is 72.2 cm³/mol. The van der Waals surface area contributed by atoms with Gasteiger partial charge in [-0.25, -0.2) is 0 Å². The first kappa shape index (κ1) is 11.3. The van der Waals surface area contributed by atoms with Crippen LogP contribution in [0.15, 0.2) is 24.3 Å². The summed E-state index contributed by atoms with van der Waals surface area (Å²) in [5.41, 5.74) is 3.51. The maximum atomic E-state index is 3.64. The molecule has 1 aliphatic carbocycles. The van der Waals surface area contributed by atoms with Crippen molar-refractivity contribution in [2.45, 2.75) is 51.0 Å². The molecule has 0 bridgehead atoms. The van der Waals surface area contributed by atoms with Crippen LogP contribution in [-0.4, -0.2) is 6.54 Å². The molecular weight excluding hydrogens is 206 g/mol. The highest BCUT2D eigenvalue weighted by atomic mass is 14.9. The Bertz CT molecular complexity index is 388. The third kappa shape index (κ3) is 2.26. The van der Waals surface area contributed by atoms with Crippen molar-refractivity contribution in [3.8, 4) is 0 Å². The van der Waals surface area contributed by atoms with Crippen LogP contribution in [0.2, 0.25) is 0 Å². The Labute approximate surface area is 105 Å². The van der Waals surface area contributed by atoms with Crippen LogP contribution >= 0.6 is 0 Å². The van der Waals surface area contributed by atoms with E-state index in [2.05, 4.69) is 43.4 Å². The minimum absolute atomic E-state index is 0.506. The molecule has 1 aromatic rings. The van der Waals surface area contributed by atoms with Crippen molar-refractivity contribution in [3.63, 3.8) is 0 Å². The van der Waals surface area contributed by atoms with Gasteiger partial charge in [-0.2, -0.15) is 0 Å². The highest BCUT2D eigenvalue weighted by Crippen LogP contribution is 2.47. The first-order chi connectivity index (χ1) is 8.17. The molecule has 0 aromatic heterocycles. The molecule has 2 fully saturated rings. The second-order valence-corrected chi connectivity index (χ2v) is 6.32. The summed E-state index contributed by atoms with van der Waals surface area (Å²) in [6, 6.07) is 9.97. The molecule has 0 spiro atoms. The smallest absolute Gasteiger partial charge is 0.0322 e. The maximum absolute atomic E-state index is 3.64. The monoisotopic (exact) mass is 229 g/mol. The SMILES string of the molecule is CC1CCNC(c2ccc(C3(C)CC3)cc2)C1. The van der Waals surface area contributed by atoms with Gasteiger partial charge < -0.3 is 5.32 Å². The minimum atomic E-state index is 0.506. The first-order valence-electron chi connectivity index (χ1n) is 7.01. The van der Waals surface area contributed by atoms with Gasteiger partial charge in [-0.15, -0.1) is 0 Å². The molecule has 2 unspecified atom stereocenters. The third-order valence-corrected chi connectivity index (χ3v) is 4.68. The van der Waals surface area contributed by atoms with E-state index in [9.17, 15) is 0 Å². The Balaban J connectivity index is 1.75. The van der Waals surface area contributed by atoms with Crippen molar-refractivity contribution in [3.05, 3.63) is 35.4 Å². The largest absolute Gasteiger partial charge is 0.310 e. The van der Waals surface area contributed by atoms with E-state index < -0.39 is 0 Å². The lowest BCUT2D eigenvalue weighted by Gasteiger charge is -2.28. The molecule has 1 aromatic carbocycles. The van der Waals surface area contributed by atoms with Crippen molar-refractivity contribution < 1.29 is 0 Å². The van der Waals surface area contributed by atoms with Crippen LogP contribution in [0.3, 0.4) is 0 Å². The summed E-state index contributed by atoms with van der Waals surface area (Å²) in [4.78, 5) is 0. The fourth-order valence-electron chi connectivity index (χ4n) is 2.96. The molecule has 1 aliphatic heterocycles. The zero-order chi connectivity index (χ0) is 11.9. The lowest BCUT2D eigenvalue weighted by atomic mass is 9.88. The first-order valence-corrected chi connectivity index (χ1v) is 7.01. The number of nitrogens with one attached hydrogen (secondary N) is 1. The van der Waals surface area contributed by atoms with Gasteiger partial charge in [0.05, 0.1) is 0 Å². The van der Waals surface area contributed by atoms with Gasteiger partial charge in [-0.05, 0) is 54.7 Å². The Hall–Kier alpha value is -0.820. The van der Waals surface area contributed by atoms with E-state index in [1.54, 1.807) is 0 Å². The van der Waals surface area contributed by atoms with Crippen LogP contribution in [0, 0.1) is 5.92 Å². The summed E-state index contributed by atoms with van der Waals surface area (Å²) in [6.07, 6.45) is 5.35. The molecule has 92 valence electrons. The summed E-state index contributed by atoms with van der Waals surface area (Å²) in [7, 11) is 0. The molecule has 2 aliphatic rings. The zero-order valence-electron chi connectivity index (χ0n) is 11.0. The lowest BCUT2D eigenvalue weighted by molar-refractivity contribution is 0.325. The Kier molecular flexibility index (Phi) is 2.74. The van der Waals surface area contributed by atoms with E-state index in [1.165, 1.54) is 43.4 Å². The second kappa shape index (κ2) is 4.13. The molecule has 1 heteroatoms. The molecule has 1 N–H and O–H groups in total. The summed E-state index contributed by atoms with van der Waals surface area (Å²) in [5.74, 6) is 0.863. The number of benzene rings is 1. The summed E-state index contributed by atoms with van der Waals surface area (Å²) in [6.45, 7) is 5.92. The maximum Gasteiger partial charge on any atom is 0.0322 e. The molecule has 1 nitrogen and oxygen atoms in total.